The third-order valence-electron chi connectivity index (χ3n) is 6.45. The number of amides is 2. The molecule has 0 radical (unpaired) electrons. The van der Waals surface area contributed by atoms with Crippen molar-refractivity contribution in [1.82, 2.24) is 19.7 Å². The van der Waals surface area contributed by atoms with Crippen molar-refractivity contribution in [3.63, 3.8) is 0 Å². The molecule has 1 fully saturated rings. The maximum Gasteiger partial charge on any atom is 0.276 e. The van der Waals surface area contributed by atoms with Crippen molar-refractivity contribution in [2.45, 2.75) is 39.7 Å². The smallest absolute Gasteiger partial charge is 0.276 e. The highest BCUT2D eigenvalue weighted by molar-refractivity contribution is 6.34. The van der Waals surface area contributed by atoms with Gasteiger partial charge in [-0.15, -0.1) is 0 Å². The minimum Gasteiger partial charge on any atom is -0.343 e. The maximum atomic E-state index is 13.2. The Morgan fingerprint density at radius 3 is 2.46 bits per heavy atom. The number of carbonyl (C=O) groups excluding carboxylic acids is 2. The van der Waals surface area contributed by atoms with E-state index in [9.17, 15) is 9.59 Å². The molecule has 1 atom stereocenters. The van der Waals surface area contributed by atoms with E-state index in [0.717, 1.165) is 29.5 Å². The summed E-state index contributed by atoms with van der Waals surface area (Å²) in [6.07, 6.45) is 4.85. The van der Waals surface area contributed by atoms with E-state index in [0.29, 0.717) is 29.6 Å². The van der Waals surface area contributed by atoms with Crippen molar-refractivity contribution in [2.24, 2.45) is 5.92 Å². The number of hydrogen-bond acceptors (Lipinski definition) is 4. The molecule has 1 N–H and O–H groups in total. The molecule has 1 aliphatic rings. The van der Waals surface area contributed by atoms with Crippen LogP contribution in [0.15, 0.2) is 48.8 Å². The van der Waals surface area contributed by atoms with Gasteiger partial charge in [-0.3, -0.25) is 14.3 Å². The molecule has 1 aliphatic heterocycles. The monoisotopic (exact) mass is 489 g/mol. The number of anilines is 1. The molecule has 4 rings (SSSR count). The number of carbonyl (C=O) groups is 2. The molecule has 7 nitrogen and oxygen atoms in total. The Morgan fingerprint density at radius 2 is 1.80 bits per heavy atom. The minimum atomic E-state index is -0.362. The number of benzene rings is 1. The fraction of sp³-hybridized carbons (Fsp3) is 0.333. The highest BCUT2D eigenvalue weighted by Crippen LogP contribution is 2.31. The third kappa shape index (κ3) is 5.72. The van der Waals surface area contributed by atoms with E-state index in [1.54, 1.807) is 17.8 Å². The van der Waals surface area contributed by atoms with Gasteiger partial charge in [-0.1, -0.05) is 41.6 Å². The summed E-state index contributed by atoms with van der Waals surface area (Å²) in [5.74, 6) is 6.69. The first-order chi connectivity index (χ1) is 16.8. The first-order valence-electron chi connectivity index (χ1n) is 11.7. The lowest BCUT2D eigenvalue weighted by Crippen LogP contribution is -2.39. The van der Waals surface area contributed by atoms with Gasteiger partial charge in [0.15, 0.2) is 0 Å². The van der Waals surface area contributed by atoms with E-state index >= 15 is 0 Å². The van der Waals surface area contributed by atoms with Crippen molar-refractivity contribution in [3.05, 3.63) is 76.2 Å². The molecule has 0 saturated carbocycles. The highest BCUT2D eigenvalue weighted by Gasteiger charge is 2.30. The quantitative estimate of drug-likeness (QED) is 0.538. The van der Waals surface area contributed by atoms with Gasteiger partial charge in [0.05, 0.1) is 17.3 Å². The fourth-order valence-electron chi connectivity index (χ4n) is 4.37. The van der Waals surface area contributed by atoms with Crippen LogP contribution in [0.1, 0.15) is 59.9 Å². The topological polar surface area (TPSA) is 80.1 Å². The van der Waals surface area contributed by atoms with Gasteiger partial charge < -0.3 is 10.2 Å². The number of aryl methyl sites for hydroxylation is 1. The van der Waals surface area contributed by atoms with E-state index in [1.807, 2.05) is 55.1 Å². The van der Waals surface area contributed by atoms with Crippen LogP contribution in [0.25, 0.3) is 0 Å². The lowest BCUT2D eigenvalue weighted by Gasteiger charge is -2.34. The number of halogens is 1. The standard InChI is InChI=1S/C27H28ClN5O2/c1-18-15-22(10-9-21-7-5-4-6-8-21)16-29-26(18)31-27(35)25-24(28)17-30-33(25)19(2)23-11-13-32(14-12-23)20(3)34/h4-8,15-17,19,23H,11-14H2,1-3H3,(H,29,31,35)/t19-/m1/s1. The molecular formula is C27H28ClN5O2. The third-order valence-corrected chi connectivity index (χ3v) is 6.73. The van der Waals surface area contributed by atoms with Crippen molar-refractivity contribution in [1.29, 1.82) is 0 Å². The summed E-state index contributed by atoms with van der Waals surface area (Å²) in [5.41, 5.74) is 2.79. The summed E-state index contributed by atoms with van der Waals surface area (Å²) in [6.45, 7) is 6.93. The Bertz CT molecular complexity index is 1280. The summed E-state index contributed by atoms with van der Waals surface area (Å²) >= 11 is 6.38. The molecule has 0 unspecified atom stereocenters. The van der Waals surface area contributed by atoms with Crippen molar-refractivity contribution in [3.8, 4) is 11.8 Å². The molecule has 8 heteroatoms. The summed E-state index contributed by atoms with van der Waals surface area (Å²) in [6, 6.07) is 11.6. The average Bonchev–Trinajstić information content (AvgIpc) is 3.25. The van der Waals surface area contributed by atoms with E-state index in [1.165, 1.54) is 6.20 Å². The Hall–Kier alpha value is -3.63. The molecular weight excluding hydrogens is 462 g/mol. The van der Waals surface area contributed by atoms with Gasteiger partial charge in [-0.2, -0.15) is 5.10 Å². The van der Waals surface area contributed by atoms with Gasteiger partial charge >= 0.3 is 0 Å². The number of nitrogens with one attached hydrogen (secondary N) is 1. The van der Waals surface area contributed by atoms with Crippen LogP contribution in [0.5, 0.6) is 0 Å². The second-order valence-electron chi connectivity index (χ2n) is 8.83. The zero-order valence-corrected chi connectivity index (χ0v) is 20.8. The summed E-state index contributed by atoms with van der Waals surface area (Å²) in [4.78, 5) is 31.1. The van der Waals surface area contributed by atoms with Crippen LogP contribution in [0.4, 0.5) is 5.82 Å². The van der Waals surface area contributed by atoms with Crippen LogP contribution in [0.2, 0.25) is 5.02 Å². The Labute approximate surface area is 210 Å². The van der Waals surface area contributed by atoms with Gasteiger partial charge in [0.1, 0.15) is 11.5 Å². The van der Waals surface area contributed by atoms with Gasteiger partial charge in [0, 0.05) is 37.3 Å². The molecule has 3 heterocycles. The summed E-state index contributed by atoms with van der Waals surface area (Å²) < 4.78 is 1.70. The largest absolute Gasteiger partial charge is 0.343 e. The summed E-state index contributed by atoms with van der Waals surface area (Å²) in [5, 5.41) is 7.57. The van der Waals surface area contributed by atoms with Crippen LogP contribution in [0.3, 0.4) is 0 Å². The SMILES string of the molecule is CC(=O)N1CCC([C@@H](C)n2ncc(Cl)c2C(=O)Nc2ncc(C#Cc3ccccc3)cc2C)CC1. The molecule has 35 heavy (non-hydrogen) atoms. The number of piperidine rings is 1. The van der Waals surface area contributed by atoms with E-state index in [4.69, 9.17) is 11.6 Å². The minimum absolute atomic E-state index is 0.0398. The average molecular weight is 490 g/mol. The first-order valence-corrected chi connectivity index (χ1v) is 12.0. The molecule has 0 bridgehead atoms. The zero-order valence-electron chi connectivity index (χ0n) is 20.1. The van der Waals surface area contributed by atoms with E-state index < -0.39 is 0 Å². The van der Waals surface area contributed by atoms with Gasteiger partial charge in [-0.05, 0) is 56.4 Å². The Kier molecular flexibility index (Phi) is 7.52. The number of likely N-dealkylation sites (tertiary alicyclic amines) is 1. The van der Waals surface area contributed by atoms with Crippen LogP contribution in [-0.4, -0.2) is 44.6 Å². The normalized spacial score (nSPS) is 14.7. The molecule has 1 aromatic carbocycles. The number of aromatic nitrogens is 3. The lowest BCUT2D eigenvalue weighted by molar-refractivity contribution is -0.130. The first kappa shape index (κ1) is 24.5. The molecule has 2 amide bonds. The van der Waals surface area contributed by atoms with Crippen LogP contribution in [-0.2, 0) is 4.79 Å². The molecule has 180 valence electrons. The molecule has 2 aromatic heterocycles. The highest BCUT2D eigenvalue weighted by atomic mass is 35.5. The van der Waals surface area contributed by atoms with E-state index in [-0.39, 0.29) is 23.8 Å². The molecule has 0 spiro atoms. The summed E-state index contributed by atoms with van der Waals surface area (Å²) in [7, 11) is 0. The second kappa shape index (κ2) is 10.7. The second-order valence-corrected chi connectivity index (χ2v) is 9.24. The Morgan fingerprint density at radius 1 is 1.11 bits per heavy atom. The molecule has 1 saturated heterocycles. The van der Waals surface area contributed by atoms with Crippen molar-refractivity contribution < 1.29 is 9.59 Å². The van der Waals surface area contributed by atoms with Crippen LogP contribution >= 0.6 is 11.6 Å². The predicted molar refractivity (Wildman–Crippen MR) is 136 cm³/mol. The predicted octanol–water partition coefficient (Wildman–Crippen LogP) is 4.71. The number of hydrogen-bond donors (Lipinski definition) is 1. The Balaban J connectivity index is 1.47. The van der Waals surface area contributed by atoms with E-state index in [2.05, 4.69) is 27.2 Å². The fourth-order valence-corrected chi connectivity index (χ4v) is 4.58. The number of pyridine rings is 1. The van der Waals surface area contributed by atoms with Crippen molar-refractivity contribution >= 4 is 29.2 Å². The van der Waals surface area contributed by atoms with Crippen LogP contribution in [0, 0.1) is 24.7 Å². The van der Waals surface area contributed by atoms with Gasteiger partial charge in [0.2, 0.25) is 5.91 Å². The molecule has 0 aliphatic carbocycles. The van der Waals surface area contributed by atoms with Crippen molar-refractivity contribution in [2.75, 3.05) is 18.4 Å². The maximum absolute atomic E-state index is 13.2. The number of nitrogens with zero attached hydrogens (tertiary/aromatic N) is 4. The van der Waals surface area contributed by atoms with Gasteiger partial charge in [-0.25, -0.2) is 4.98 Å². The number of rotatable bonds is 4. The lowest BCUT2D eigenvalue weighted by atomic mass is 9.90. The van der Waals surface area contributed by atoms with Crippen LogP contribution < -0.4 is 5.32 Å². The molecule has 3 aromatic rings. The van der Waals surface area contributed by atoms with Gasteiger partial charge in [0.25, 0.3) is 5.91 Å². The zero-order chi connectivity index (χ0) is 24.9.